The highest BCUT2D eigenvalue weighted by atomic mass is 16.6. The summed E-state index contributed by atoms with van der Waals surface area (Å²) in [5, 5.41) is 13.3. The van der Waals surface area contributed by atoms with E-state index in [0.717, 1.165) is 5.56 Å². The highest BCUT2D eigenvalue weighted by Crippen LogP contribution is 2.33. The number of aromatic nitrogens is 2. The lowest BCUT2D eigenvalue weighted by molar-refractivity contribution is -0.0314. The van der Waals surface area contributed by atoms with Gasteiger partial charge in [-0.25, -0.2) is 4.79 Å². The van der Waals surface area contributed by atoms with Crippen molar-refractivity contribution in [2.75, 3.05) is 13.1 Å². The number of amides is 1. The van der Waals surface area contributed by atoms with Gasteiger partial charge in [0.15, 0.2) is 0 Å². The number of nitrogens with zero attached hydrogens (tertiary/aromatic N) is 4. The van der Waals surface area contributed by atoms with Gasteiger partial charge in [-0.1, -0.05) is 0 Å². The lowest BCUT2D eigenvalue weighted by Gasteiger charge is -2.48. The van der Waals surface area contributed by atoms with Gasteiger partial charge in [0.2, 0.25) is 0 Å². The van der Waals surface area contributed by atoms with Gasteiger partial charge in [-0.2, -0.15) is 10.4 Å². The number of nitriles is 1. The van der Waals surface area contributed by atoms with E-state index >= 15 is 0 Å². The van der Waals surface area contributed by atoms with E-state index in [0.29, 0.717) is 19.5 Å². The van der Waals surface area contributed by atoms with Crippen molar-refractivity contribution >= 4 is 6.09 Å². The number of carbonyl (C=O) groups excluding carboxylic acids is 1. The minimum atomic E-state index is -0.507. The molecule has 20 heavy (non-hydrogen) atoms. The summed E-state index contributed by atoms with van der Waals surface area (Å²) in [7, 11) is 0. The topological polar surface area (TPSA) is 71.2 Å². The molecule has 0 atom stereocenters. The summed E-state index contributed by atoms with van der Waals surface area (Å²) in [5.74, 6) is 0. The summed E-state index contributed by atoms with van der Waals surface area (Å²) >= 11 is 0. The van der Waals surface area contributed by atoms with Crippen molar-refractivity contribution in [3.8, 4) is 6.07 Å². The van der Waals surface area contributed by atoms with Gasteiger partial charge >= 0.3 is 6.09 Å². The maximum atomic E-state index is 12.0. The summed E-state index contributed by atoms with van der Waals surface area (Å²) in [4.78, 5) is 13.6. The van der Waals surface area contributed by atoms with Crippen molar-refractivity contribution < 1.29 is 9.53 Å². The van der Waals surface area contributed by atoms with Gasteiger partial charge in [-0.3, -0.25) is 4.68 Å². The van der Waals surface area contributed by atoms with E-state index in [1.165, 1.54) is 0 Å². The van der Waals surface area contributed by atoms with E-state index in [9.17, 15) is 4.79 Å². The Morgan fingerprint density at radius 1 is 1.55 bits per heavy atom. The standard InChI is InChI=1S/C14H20N4O2/c1-11-7-16-18(8-11)14(5-6-15)9-17(10-14)12(19)20-13(2,3)4/h7-8H,5,9-10H2,1-4H3. The van der Waals surface area contributed by atoms with E-state index in [4.69, 9.17) is 10.00 Å². The fourth-order valence-electron chi connectivity index (χ4n) is 2.28. The second-order valence-electron chi connectivity index (χ2n) is 6.36. The first-order chi connectivity index (χ1) is 9.26. The van der Waals surface area contributed by atoms with E-state index in [2.05, 4.69) is 11.2 Å². The van der Waals surface area contributed by atoms with Crippen LogP contribution < -0.4 is 0 Å². The summed E-state index contributed by atoms with van der Waals surface area (Å²) in [5.41, 5.74) is 0.116. The number of hydrogen-bond acceptors (Lipinski definition) is 4. The lowest BCUT2D eigenvalue weighted by atomic mass is 9.87. The SMILES string of the molecule is Cc1cnn(C2(CC#N)CN(C(=O)OC(C)(C)C)C2)c1. The number of rotatable bonds is 2. The molecule has 2 heterocycles. The van der Waals surface area contributed by atoms with E-state index < -0.39 is 11.1 Å². The van der Waals surface area contributed by atoms with Gasteiger partial charge in [-0.05, 0) is 33.3 Å². The minimum Gasteiger partial charge on any atom is -0.444 e. The van der Waals surface area contributed by atoms with Gasteiger partial charge in [0.1, 0.15) is 11.1 Å². The number of hydrogen-bond donors (Lipinski definition) is 0. The van der Waals surface area contributed by atoms with E-state index in [-0.39, 0.29) is 6.09 Å². The predicted molar refractivity (Wildman–Crippen MR) is 73.0 cm³/mol. The van der Waals surface area contributed by atoms with Crippen LogP contribution in [0.1, 0.15) is 32.8 Å². The number of carbonyl (C=O) groups is 1. The van der Waals surface area contributed by atoms with Crippen molar-refractivity contribution in [3.63, 3.8) is 0 Å². The molecule has 0 radical (unpaired) electrons. The molecule has 0 unspecified atom stereocenters. The van der Waals surface area contributed by atoms with Gasteiger partial charge < -0.3 is 9.64 Å². The van der Waals surface area contributed by atoms with E-state index in [1.807, 2.05) is 33.9 Å². The van der Waals surface area contributed by atoms with Crippen molar-refractivity contribution in [3.05, 3.63) is 18.0 Å². The minimum absolute atomic E-state index is 0.327. The molecule has 0 bridgehead atoms. The molecule has 1 aromatic rings. The maximum Gasteiger partial charge on any atom is 0.410 e. The molecule has 0 aromatic carbocycles. The molecule has 2 rings (SSSR count). The zero-order valence-electron chi connectivity index (χ0n) is 12.4. The lowest BCUT2D eigenvalue weighted by Crippen LogP contribution is -2.64. The van der Waals surface area contributed by atoms with Gasteiger partial charge in [0.05, 0.1) is 31.8 Å². The molecule has 6 nitrogen and oxygen atoms in total. The molecule has 1 saturated heterocycles. The molecule has 1 aliphatic rings. The largest absolute Gasteiger partial charge is 0.444 e. The third kappa shape index (κ3) is 2.77. The van der Waals surface area contributed by atoms with Crippen LogP contribution in [0.3, 0.4) is 0 Å². The molecule has 0 saturated carbocycles. The summed E-state index contributed by atoms with van der Waals surface area (Å²) in [6.45, 7) is 8.37. The van der Waals surface area contributed by atoms with Crippen LogP contribution in [0, 0.1) is 18.3 Å². The molecule has 1 aromatic heterocycles. The average molecular weight is 276 g/mol. The Morgan fingerprint density at radius 2 is 2.20 bits per heavy atom. The second kappa shape index (κ2) is 4.82. The molecule has 0 aliphatic carbocycles. The summed E-state index contributed by atoms with van der Waals surface area (Å²) < 4.78 is 7.13. The van der Waals surface area contributed by atoms with Crippen LogP contribution in [0.25, 0.3) is 0 Å². The Bertz CT molecular complexity index is 544. The van der Waals surface area contributed by atoms with Gasteiger partial charge in [-0.15, -0.1) is 0 Å². The first kappa shape index (κ1) is 14.4. The molecular formula is C14H20N4O2. The average Bonchev–Trinajstić information content (AvgIpc) is 2.67. The Hall–Kier alpha value is -2.03. The summed E-state index contributed by atoms with van der Waals surface area (Å²) in [6.07, 6.45) is 3.65. The van der Waals surface area contributed by atoms with Crippen LogP contribution >= 0.6 is 0 Å². The second-order valence-corrected chi connectivity index (χ2v) is 6.36. The van der Waals surface area contributed by atoms with Crippen molar-refractivity contribution in [1.29, 1.82) is 5.26 Å². The van der Waals surface area contributed by atoms with Crippen LogP contribution in [0.5, 0.6) is 0 Å². The molecule has 1 fully saturated rings. The predicted octanol–water partition coefficient (Wildman–Crippen LogP) is 2.05. The molecule has 1 amide bonds. The summed E-state index contributed by atoms with van der Waals surface area (Å²) in [6, 6.07) is 2.19. The molecule has 0 spiro atoms. The Morgan fingerprint density at radius 3 is 2.65 bits per heavy atom. The first-order valence-corrected chi connectivity index (χ1v) is 6.62. The number of ether oxygens (including phenoxy) is 1. The van der Waals surface area contributed by atoms with Crippen molar-refractivity contribution in [2.45, 2.75) is 45.3 Å². The molecule has 108 valence electrons. The highest BCUT2D eigenvalue weighted by Gasteiger charge is 2.48. The number of aryl methyl sites for hydroxylation is 1. The maximum absolute atomic E-state index is 12.0. The quantitative estimate of drug-likeness (QED) is 0.828. The zero-order chi connectivity index (χ0) is 15.0. The Labute approximate surface area is 118 Å². The Kier molecular flexibility index (Phi) is 3.46. The van der Waals surface area contributed by atoms with Crippen molar-refractivity contribution in [2.24, 2.45) is 0 Å². The van der Waals surface area contributed by atoms with Gasteiger partial charge in [0, 0.05) is 6.20 Å². The highest BCUT2D eigenvalue weighted by molar-refractivity contribution is 5.69. The van der Waals surface area contributed by atoms with E-state index in [1.54, 1.807) is 15.8 Å². The monoisotopic (exact) mass is 276 g/mol. The van der Waals surface area contributed by atoms with Crippen LogP contribution in [-0.2, 0) is 10.3 Å². The molecule has 0 N–H and O–H groups in total. The number of likely N-dealkylation sites (tertiary alicyclic amines) is 1. The van der Waals surface area contributed by atoms with Crippen molar-refractivity contribution in [1.82, 2.24) is 14.7 Å². The zero-order valence-corrected chi connectivity index (χ0v) is 12.4. The van der Waals surface area contributed by atoms with Crippen LogP contribution in [-0.4, -0.2) is 39.5 Å². The molecular weight excluding hydrogens is 256 g/mol. The molecule has 6 heteroatoms. The van der Waals surface area contributed by atoms with Crippen LogP contribution in [0.15, 0.2) is 12.4 Å². The fraction of sp³-hybridized carbons (Fsp3) is 0.643. The Balaban J connectivity index is 2.07. The molecule has 1 aliphatic heterocycles. The normalized spacial score (nSPS) is 17.2. The van der Waals surface area contributed by atoms with Crippen LogP contribution in [0.2, 0.25) is 0 Å². The smallest absolute Gasteiger partial charge is 0.410 e. The van der Waals surface area contributed by atoms with Gasteiger partial charge in [0.25, 0.3) is 0 Å². The third-order valence-electron chi connectivity index (χ3n) is 3.23. The fourth-order valence-corrected chi connectivity index (χ4v) is 2.28. The first-order valence-electron chi connectivity index (χ1n) is 6.62. The third-order valence-corrected chi connectivity index (χ3v) is 3.23. The van der Waals surface area contributed by atoms with Crippen LogP contribution in [0.4, 0.5) is 4.79 Å².